The molecule has 0 aliphatic heterocycles. The van der Waals surface area contributed by atoms with Gasteiger partial charge in [0.25, 0.3) is 0 Å². The van der Waals surface area contributed by atoms with Crippen LogP contribution in [0.1, 0.15) is 48.7 Å². The predicted octanol–water partition coefficient (Wildman–Crippen LogP) is 3.96. The average molecular weight is 393 g/mol. The van der Waals surface area contributed by atoms with Gasteiger partial charge in [0, 0.05) is 18.4 Å². The largest absolute Gasteiger partial charge is 0.344 e. The highest BCUT2D eigenvalue weighted by molar-refractivity contribution is 5.76. The fourth-order valence-corrected chi connectivity index (χ4v) is 3.12. The van der Waals surface area contributed by atoms with Crippen molar-refractivity contribution in [1.29, 1.82) is 0 Å². The highest BCUT2D eigenvalue weighted by atomic mass is 16.5. The van der Waals surface area contributed by atoms with Gasteiger partial charge >= 0.3 is 0 Å². The molecule has 29 heavy (non-hydrogen) atoms. The maximum Gasteiger partial charge on any atom is 0.249 e. The second kappa shape index (κ2) is 10.5. The standard InChI is InChI=1S/C23H28N4O2/c1-17-11-13-19(14-12-17)22-26-23(29-27-22)20(16-18-8-4-2-5-9-18)25-21(28)10-6-3-7-15-24/h2,4-5,8-9,11-14,20H,3,6-7,10,15-16,24H2,1H3,(H,25,28)/t20-/m0/s1. The van der Waals surface area contributed by atoms with E-state index in [1.807, 2.05) is 61.5 Å². The molecule has 3 aromatic rings. The van der Waals surface area contributed by atoms with E-state index in [0.717, 1.165) is 30.4 Å². The van der Waals surface area contributed by atoms with Crippen LogP contribution in [0.4, 0.5) is 0 Å². The number of nitrogens with zero attached hydrogens (tertiary/aromatic N) is 2. The highest BCUT2D eigenvalue weighted by Gasteiger charge is 2.22. The van der Waals surface area contributed by atoms with Crippen LogP contribution in [-0.4, -0.2) is 22.6 Å². The molecule has 6 nitrogen and oxygen atoms in total. The molecule has 3 N–H and O–H groups in total. The molecular weight excluding hydrogens is 364 g/mol. The van der Waals surface area contributed by atoms with Crippen molar-refractivity contribution >= 4 is 5.91 Å². The van der Waals surface area contributed by atoms with E-state index in [9.17, 15) is 4.79 Å². The van der Waals surface area contributed by atoms with Crippen molar-refractivity contribution in [3.8, 4) is 11.4 Å². The Morgan fingerprint density at radius 3 is 2.55 bits per heavy atom. The summed E-state index contributed by atoms with van der Waals surface area (Å²) in [5, 5.41) is 7.19. The summed E-state index contributed by atoms with van der Waals surface area (Å²) in [6, 6.07) is 17.6. The predicted molar refractivity (Wildman–Crippen MR) is 113 cm³/mol. The van der Waals surface area contributed by atoms with Crippen LogP contribution in [-0.2, 0) is 11.2 Å². The van der Waals surface area contributed by atoms with Gasteiger partial charge in [0.2, 0.25) is 17.6 Å². The quantitative estimate of drug-likeness (QED) is 0.509. The Morgan fingerprint density at radius 2 is 1.83 bits per heavy atom. The number of benzene rings is 2. The summed E-state index contributed by atoms with van der Waals surface area (Å²) >= 11 is 0. The average Bonchev–Trinajstić information content (AvgIpc) is 3.22. The van der Waals surface area contributed by atoms with Gasteiger partial charge in [-0.25, -0.2) is 0 Å². The second-order valence-electron chi connectivity index (χ2n) is 7.23. The van der Waals surface area contributed by atoms with Crippen molar-refractivity contribution < 1.29 is 9.32 Å². The van der Waals surface area contributed by atoms with Gasteiger partial charge in [-0.1, -0.05) is 71.7 Å². The molecule has 0 aliphatic carbocycles. The van der Waals surface area contributed by atoms with Crippen LogP contribution in [0.15, 0.2) is 59.1 Å². The van der Waals surface area contributed by atoms with Crippen LogP contribution in [0.2, 0.25) is 0 Å². The zero-order chi connectivity index (χ0) is 20.5. The number of hydrogen-bond acceptors (Lipinski definition) is 5. The molecule has 152 valence electrons. The number of amides is 1. The van der Waals surface area contributed by atoms with Crippen LogP contribution in [0, 0.1) is 6.92 Å². The molecule has 0 saturated carbocycles. The van der Waals surface area contributed by atoms with E-state index in [2.05, 4.69) is 15.5 Å². The van der Waals surface area contributed by atoms with Crippen LogP contribution >= 0.6 is 0 Å². The molecule has 2 aromatic carbocycles. The number of carbonyl (C=O) groups excluding carboxylic acids is 1. The Balaban J connectivity index is 1.74. The molecule has 1 aromatic heterocycles. The normalized spacial score (nSPS) is 11.9. The summed E-state index contributed by atoms with van der Waals surface area (Å²) in [7, 11) is 0. The number of nitrogens with two attached hydrogens (primary N) is 1. The van der Waals surface area contributed by atoms with Crippen LogP contribution in [0.5, 0.6) is 0 Å². The summed E-state index contributed by atoms with van der Waals surface area (Å²) < 4.78 is 5.54. The van der Waals surface area contributed by atoms with E-state index in [4.69, 9.17) is 10.3 Å². The Bertz CT molecular complexity index is 891. The molecule has 1 atom stereocenters. The first-order valence-electron chi connectivity index (χ1n) is 10.1. The van der Waals surface area contributed by atoms with Crippen molar-refractivity contribution in [2.24, 2.45) is 5.73 Å². The van der Waals surface area contributed by atoms with E-state index in [0.29, 0.717) is 31.1 Å². The van der Waals surface area contributed by atoms with Crippen molar-refractivity contribution in [1.82, 2.24) is 15.5 Å². The molecule has 0 aliphatic rings. The molecular formula is C23H28N4O2. The summed E-state index contributed by atoms with van der Waals surface area (Å²) in [4.78, 5) is 17.0. The molecule has 0 radical (unpaired) electrons. The van der Waals surface area contributed by atoms with E-state index < -0.39 is 0 Å². The van der Waals surface area contributed by atoms with Crippen LogP contribution < -0.4 is 11.1 Å². The van der Waals surface area contributed by atoms with Crippen LogP contribution in [0.3, 0.4) is 0 Å². The van der Waals surface area contributed by atoms with Gasteiger partial charge in [-0.05, 0) is 31.9 Å². The lowest BCUT2D eigenvalue weighted by Gasteiger charge is -2.15. The van der Waals surface area contributed by atoms with Gasteiger partial charge in [-0.15, -0.1) is 0 Å². The lowest BCUT2D eigenvalue weighted by atomic mass is 10.1. The fourth-order valence-electron chi connectivity index (χ4n) is 3.12. The monoisotopic (exact) mass is 392 g/mol. The van der Waals surface area contributed by atoms with Gasteiger partial charge in [-0.3, -0.25) is 4.79 Å². The summed E-state index contributed by atoms with van der Waals surface area (Å²) in [5.41, 5.74) is 8.67. The molecule has 0 fully saturated rings. The van der Waals surface area contributed by atoms with Gasteiger partial charge < -0.3 is 15.6 Å². The zero-order valence-corrected chi connectivity index (χ0v) is 16.8. The third-order valence-corrected chi connectivity index (χ3v) is 4.78. The second-order valence-corrected chi connectivity index (χ2v) is 7.23. The number of aryl methyl sites for hydroxylation is 1. The minimum absolute atomic E-state index is 0.0157. The maximum atomic E-state index is 12.5. The Hall–Kier alpha value is -2.99. The van der Waals surface area contributed by atoms with E-state index in [1.165, 1.54) is 5.56 Å². The summed E-state index contributed by atoms with van der Waals surface area (Å²) in [6.07, 6.45) is 3.75. The minimum Gasteiger partial charge on any atom is -0.344 e. The molecule has 0 saturated heterocycles. The Labute approximate surface area is 171 Å². The number of rotatable bonds is 10. The number of unbranched alkanes of at least 4 members (excludes halogenated alkanes) is 2. The topological polar surface area (TPSA) is 94.0 Å². The third kappa shape index (κ3) is 6.26. The van der Waals surface area contributed by atoms with E-state index >= 15 is 0 Å². The van der Waals surface area contributed by atoms with Crippen LogP contribution in [0.25, 0.3) is 11.4 Å². The Morgan fingerprint density at radius 1 is 1.07 bits per heavy atom. The number of carbonyl (C=O) groups is 1. The van der Waals surface area contributed by atoms with Gasteiger partial charge in [-0.2, -0.15) is 4.98 Å². The highest BCUT2D eigenvalue weighted by Crippen LogP contribution is 2.22. The number of aromatic nitrogens is 2. The molecule has 1 amide bonds. The van der Waals surface area contributed by atoms with E-state index in [-0.39, 0.29) is 11.9 Å². The third-order valence-electron chi connectivity index (χ3n) is 4.78. The van der Waals surface area contributed by atoms with Crippen molar-refractivity contribution in [2.45, 2.75) is 45.1 Å². The van der Waals surface area contributed by atoms with Gasteiger partial charge in [0.15, 0.2) is 0 Å². The molecule has 3 rings (SSSR count). The minimum atomic E-state index is -0.369. The zero-order valence-electron chi connectivity index (χ0n) is 16.8. The van der Waals surface area contributed by atoms with Crippen molar-refractivity contribution in [2.75, 3.05) is 6.54 Å². The van der Waals surface area contributed by atoms with Gasteiger partial charge in [0.05, 0.1) is 0 Å². The SMILES string of the molecule is Cc1ccc(-c2noc([C@H](Cc3ccccc3)NC(=O)CCCCCN)n2)cc1. The first-order chi connectivity index (χ1) is 14.2. The summed E-state index contributed by atoms with van der Waals surface area (Å²) in [5.74, 6) is 0.924. The van der Waals surface area contributed by atoms with E-state index in [1.54, 1.807) is 0 Å². The fraction of sp³-hybridized carbons (Fsp3) is 0.348. The van der Waals surface area contributed by atoms with Crippen molar-refractivity contribution in [3.05, 3.63) is 71.6 Å². The number of nitrogens with one attached hydrogen (secondary N) is 1. The van der Waals surface area contributed by atoms with Gasteiger partial charge in [0.1, 0.15) is 6.04 Å². The lowest BCUT2D eigenvalue weighted by molar-refractivity contribution is -0.122. The summed E-state index contributed by atoms with van der Waals surface area (Å²) in [6.45, 7) is 2.69. The first kappa shape index (κ1) is 20.7. The molecule has 0 unspecified atom stereocenters. The first-order valence-corrected chi connectivity index (χ1v) is 10.1. The maximum absolute atomic E-state index is 12.5. The molecule has 0 bridgehead atoms. The molecule has 6 heteroatoms. The molecule has 0 spiro atoms. The lowest BCUT2D eigenvalue weighted by Crippen LogP contribution is -2.30. The number of hydrogen-bond donors (Lipinski definition) is 2. The Kier molecular flexibility index (Phi) is 7.53. The van der Waals surface area contributed by atoms with Crippen molar-refractivity contribution in [3.63, 3.8) is 0 Å². The molecule has 1 heterocycles. The smallest absolute Gasteiger partial charge is 0.249 e.